The van der Waals surface area contributed by atoms with Crippen LogP contribution in [-0.2, 0) is 5.41 Å². The summed E-state index contributed by atoms with van der Waals surface area (Å²) in [4.78, 5) is 2.45. The van der Waals surface area contributed by atoms with Gasteiger partial charge in [0.1, 0.15) is 0 Å². The molecule has 15 rings (SSSR count). The molecule has 2 aliphatic carbocycles. The van der Waals surface area contributed by atoms with Gasteiger partial charge in [0.25, 0.3) is 0 Å². The SMILES string of the molecule is c1ccc(-c2ccccc2Nc2cccc(-c3ccc(N(c4ccc(-c5cccc6c5sc5c7ccccc7ccc65)cc4)c4ccc5c(c4)C4(c6ccccc6-c6ccccc64)c4ccccc4-5)cc3)c2)cc1. The van der Waals surface area contributed by atoms with Crippen LogP contribution in [-0.4, -0.2) is 0 Å². The van der Waals surface area contributed by atoms with Crippen LogP contribution in [0.15, 0.2) is 273 Å². The molecule has 0 bridgehead atoms. The van der Waals surface area contributed by atoms with Crippen LogP contribution >= 0.6 is 11.3 Å². The zero-order chi connectivity index (χ0) is 48.7. The Hall–Kier alpha value is -9.28. The van der Waals surface area contributed by atoms with Crippen molar-refractivity contribution in [2.75, 3.05) is 10.2 Å². The number of nitrogens with one attached hydrogen (secondary N) is 1. The highest BCUT2D eigenvalue weighted by molar-refractivity contribution is 7.27. The zero-order valence-electron chi connectivity index (χ0n) is 40.3. The van der Waals surface area contributed by atoms with Gasteiger partial charge in [0.2, 0.25) is 0 Å². The fraction of sp³-hybridized carbons (Fsp3) is 0.0141. The van der Waals surface area contributed by atoms with Crippen LogP contribution in [0, 0.1) is 0 Å². The number of anilines is 5. The van der Waals surface area contributed by atoms with Crippen LogP contribution in [0.25, 0.3) is 86.6 Å². The van der Waals surface area contributed by atoms with Crippen LogP contribution in [0.1, 0.15) is 22.3 Å². The molecule has 0 saturated heterocycles. The summed E-state index contributed by atoms with van der Waals surface area (Å²) in [7, 11) is 0. The maximum Gasteiger partial charge on any atom is 0.0726 e. The third-order valence-corrected chi connectivity index (χ3v) is 17.0. The maximum atomic E-state index is 3.75. The molecule has 0 atom stereocenters. The molecular weight excluding hydrogens is 913 g/mol. The van der Waals surface area contributed by atoms with E-state index < -0.39 is 5.41 Å². The van der Waals surface area contributed by atoms with Crippen molar-refractivity contribution in [1.82, 2.24) is 0 Å². The molecule has 1 N–H and O–H groups in total. The first-order chi connectivity index (χ1) is 36.7. The second kappa shape index (κ2) is 16.9. The molecule has 1 spiro atoms. The lowest BCUT2D eigenvalue weighted by atomic mass is 9.70. The summed E-state index contributed by atoms with van der Waals surface area (Å²) >= 11 is 1.91. The first-order valence-corrected chi connectivity index (χ1v) is 26.3. The maximum absolute atomic E-state index is 3.75. The van der Waals surface area contributed by atoms with Gasteiger partial charge in [-0.2, -0.15) is 0 Å². The number of hydrogen-bond acceptors (Lipinski definition) is 3. The molecule has 0 aliphatic heterocycles. The Morgan fingerprint density at radius 2 is 0.811 bits per heavy atom. The Balaban J connectivity index is 0.857. The van der Waals surface area contributed by atoms with Gasteiger partial charge in [0.15, 0.2) is 0 Å². The first kappa shape index (κ1) is 42.4. The smallest absolute Gasteiger partial charge is 0.0726 e. The number of para-hydroxylation sites is 1. The molecule has 1 aromatic heterocycles. The molecular formula is C71H46N2S. The predicted molar refractivity (Wildman–Crippen MR) is 314 cm³/mol. The molecule has 2 aliphatic rings. The van der Waals surface area contributed by atoms with Crippen LogP contribution in [0.3, 0.4) is 0 Å². The van der Waals surface area contributed by atoms with Crippen molar-refractivity contribution >= 4 is 70.7 Å². The summed E-state index contributed by atoms with van der Waals surface area (Å²) in [5.41, 5.74) is 22.6. The number of thiophene rings is 1. The second-order valence-corrected chi connectivity index (χ2v) is 20.6. The van der Waals surface area contributed by atoms with E-state index in [1.54, 1.807) is 0 Å². The largest absolute Gasteiger partial charge is 0.355 e. The quantitative estimate of drug-likeness (QED) is 0.163. The fourth-order valence-electron chi connectivity index (χ4n) is 12.4. The minimum Gasteiger partial charge on any atom is -0.355 e. The average Bonchev–Trinajstić information content (AvgIpc) is 4.13. The Labute approximate surface area is 434 Å². The van der Waals surface area contributed by atoms with Crippen molar-refractivity contribution in [3.05, 3.63) is 295 Å². The third-order valence-electron chi connectivity index (χ3n) is 15.7. The number of fused-ring (bicyclic) bond motifs is 15. The van der Waals surface area contributed by atoms with E-state index in [1.807, 2.05) is 11.3 Å². The van der Waals surface area contributed by atoms with Gasteiger partial charge >= 0.3 is 0 Å². The monoisotopic (exact) mass is 958 g/mol. The van der Waals surface area contributed by atoms with Gasteiger partial charge in [-0.3, -0.25) is 0 Å². The Morgan fingerprint density at radius 3 is 1.53 bits per heavy atom. The van der Waals surface area contributed by atoms with E-state index in [9.17, 15) is 0 Å². The topological polar surface area (TPSA) is 15.3 Å². The van der Waals surface area contributed by atoms with Crippen LogP contribution < -0.4 is 10.2 Å². The summed E-state index contributed by atoms with van der Waals surface area (Å²) in [5.74, 6) is 0. The van der Waals surface area contributed by atoms with Gasteiger partial charge in [-0.15, -0.1) is 11.3 Å². The molecule has 0 saturated carbocycles. The van der Waals surface area contributed by atoms with Gasteiger partial charge in [-0.05, 0) is 138 Å². The van der Waals surface area contributed by atoms with Crippen LogP contribution in [0.5, 0.6) is 0 Å². The van der Waals surface area contributed by atoms with E-state index >= 15 is 0 Å². The van der Waals surface area contributed by atoms with Crippen molar-refractivity contribution in [3.63, 3.8) is 0 Å². The normalized spacial score (nSPS) is 12.7. The Morgan fingerprint density at radius 1 is 0.297 bits per heavy atom. The standard InChI is InChI=1S/C71H46N2S/c1-2-16-47(17-3-1)55-21-9-13-31-68(55)72-51-20-14-19-50(44-51)46-32-37-52(38-33-46)73(53-39-34-49(35-40-53)57-26-15-27-62-63-42-36-48-18-4-5-22-56(48)70(63)74-69(57)62)54-41-43-61-60-25-8-12-30-66(60)71(67(61)45-54)64-28-10-6-23-58(64)59-24-7-11-29-65(59)71/h1-45,72H. The summed E-state index contributed by atoms with van der Waals surface area (Å²) in [5, 5.41) is 8.96. The summed E-state index contributed by atoms with van der Waals surface area (Å²) in [6.07, 6.45) is 0. The molecule has 0 fully saturated rings. The lowest BCUT2D eigenvalue weighted by Crippen LogP contribution is -2.26. The number of rotatable bonds is 8. The summed E-state index contributed by atoms with van der Waals surface area (Å²) < 4.78 is 2.66. The molecule has 0 radical (unpaired) electrons. The highest BCUT2D eigenvalue weighted by atomic mass is 32.1. The summed E-state index contributed by atoms with van der Waals surface area (Å²) in [6, 6.07) is 101. The Kier molecular flexibility index (Phi) is 9.70. The average molecular weight is 959 g/mol. The minimum atomic E-state index is -0.455. The van der Waals surface area contributed by atoms with Gasteiger partial charge in [0, 0.05) is 54.2 Å². The Bertz CT molecular complexity index is 4280. The van der Waals surface area contributed by atoms with Crippen LogP contribution in [0.4, 0.5) is 28.4 Å². The van der Waals surface area contributed by atoms with E-state index in [4.69, 9.17) is 0 Å². The third kappa shape index (κ3) is 6.50. The molecule has 13 aromatic rings. The first-order valence-electron chi connectivity index (χ1n) is 25.5. The van der Waals surface area contributed by atoms with E-state index in [2.05, 4.69) is 283 Å². The number of hydrogen-bond donors (Lipinski definition) is 1. The number of benzene rings is 12. The van der Waals surface area contributed by atoms with Crippen LogP contribution in [0.2, 0.25) is 0 Å². The van der Waals surface area contributed by atoms with Gasteiger partial charge < -0.3 is 10.2 Å². The highest BCUT2D eigenvalue weighted by Gasteiger charge is 2.51. The molecule has 1 heterocycles. The molecule has 12 aromatic carbocycles. The minimum absolute atomic E-state index is 0.455. The zero-order valence-corrected chi connectivity index (χ0v) is 41.2. The van der Waals surface area contributed by atoms with E-state index in [1.165, 1.54) is 97.7 Å². The predicted octanol–water partition coefficient (Wildman–Crippen LogP) is 19.8. The van der Waals surface area contributed by atoms with Crippen molar-refractivity contribution in [1.29, 1.82) is 0 Å². The van der Waals surface area contributed by atoms with Crippen molar-refractivity contribution in [2.45, 2.75) is 5.41 Å². The van der Waals surface area contributed by atoms with Gasteiger partial charge in [-0.25, -0.2) is 0 Å². The molecule has 0 amide bonds. The van der Waals surface area contributed by atoms with Crippen molar-refractivity contribution < 1.29 is 0 Å². The van der Waals surface area contributed by atoms with Crippen molar-refractivity contribution in [2.24, 2.45) is 0 Å². The molecule has 3 heteroatoms. The van der Waals surface area contributed by atoms with Gasteiger partial charge in [0.05, 0.1) is 5.41 Å². The van der Waals surface area contributed by atoms with Gasteiger partial charge in [-0.1, -0.05) is 218 Å². The molecule has 2 nitrogen and oxygen atoms in total. The number of nitrogens with zero attached hydrogens (tertiary/aromatic N) is 1. The molecule has 346 valence electrons. The fourth-order valence-corrected chi connectivity index (χ4v) is 13.8. The van der Waals surface area contributed by atoms with E-state index in [-0.39, 0.29) is 0 Å². The van der Waals surface area contributed by atoms with E-state index in [0.717, 1.165) is 39.6 Å². The lowest BCUT2D eigenvalue weighted by Gasteiger charge is -2.32. The lowest BCUT2D eigenvalue weighted by molar-refractivity contribution is 0.793. The highest BCUT2D eigenvalue weighted by Crippen LogP contribution is 2.63. The van der Waals surface area contributed by atoms with Crippen molar-refractivity contribution in [3.8, 4) is 55.6 Å². The second-order valence-electron chi connectivity index (χ2n) is 19.6. The molecule has 74 heavy (non-hydrogen) atoms. The van der Waals surface area contributed by atoms with E-state index in [0.29, 0.717) is 0 Å². The molecule has 0 unspecified atom stereocenters. The summed E-state index contributed by atoms with van der Waals surface area (Å²) in [6.45, 7) is 0.